The molecule has 4 rings (SSSR count). The summed E-state index contributed by atoms with van der Waals surface area (Å²) in [5.74, 6) is -0.878. The molecule has 0 radical (unpaired) electrons. The molecule has 1 fully saturated rings. The minimum atomic E-state index is -0.878. The van der Waals surface area contributed by atoms with Crippen molar-refractivity contribution in [1.82, 2.24) is 10.2 Å². The highest BCUT2D eigenvalue weighted by molar-refractivity contribution is 5.88. The zero-order valence-electron chi connectivity index (χ0n) is 18.2. The molecule has 1 unspecified atom stereocenters. The lowest BCUT2D eigenvalue weighted by Crippen LogP contribution is -2.46. The van der Waals surface area contributed by atoms with Crippen LogP contribution in [0.25, 0.3) is 10.8 Å². The third-order valence-corrected chi connectivity index (χ3v) is 5.95. The number of hydrogen-bond acceptors (Lipinski definition) is 4. The van der Waals surface area contributed by atoms with Crippen LogP contribution in [0, 0.1) is 6.92 Å². The topological polar surface area (TPSA) is 61.8 Å². The number of aromatic carboxylic acids is 1. The molecule has 1 heterocycles. The van der Waals surface area contributed by atoms with E-state index in [9.17, 15) is 9.90 Å². The predicted octanol–water partition coefficient (Wildman–Crippen LogP) is 4.40. The van der Waals surface area contributed by atoms with E-state index in [1.165, 1.54) is 16.3 Å². The fraction of sp³-hybridized carbons (Fsp3) is 0.346. The van der Waals surface area contributed by atoms with E-state index < -0.39 is 5.97 Å². The molecule has 5 heteroatoms. The van der Waals surface area contributed by atoms with E-state index in [1.807, 2.05) is 6.92 Å². The van der Waals surface area contributed by atoms with Gasteiger partial charge in [0, 0.05) is 32.2 Å². The van der Waals surface area contributed by atoms with Gasteiger partial charge in [-0.3, -0.25) is 4.90 Å². The largest absolute Gasteiger partial charge is 0.478 e. The molecular weight excluding hydrogens is 388 g/mol. The summed E-state index contributed by atoms with van der Waals surface area (Å²) < 4.78 is 6.01. The Bertz CT molecular complexity index is 1060. The van der Waals surface area contributed by atoms with Crippen molar-refractivity contribution in [3.05, 3.63) is 82.9 Å². The van der Waals surface area contributed by atoms with Crippen molar-refractivity contribution >= 4 is 16.7 Å². The van der Waals surface area contributed by atoms with E-state index in [-0.39, 0.29) is 12.1 Å². The fourth-order valence-electron chi connectivity index (χ4n) is 4.43. The highest BCUT2D eigenvalue weighted by Gasteiger charge is 2.22. The molecule has 1 saturated heterocycles. The van der Waals surface area contributed by atoms with Crippen molar-refractivity contribution in [1.29, 1.82) is 0 Å². The van der Waals surface area contributed by atoms with Crippen molar-refractivity contribution in [3.63, 3.8) is 0 Å². The van der Waals surface area contributed by atoms with Crippen molar-refractivity contribution < 1.29 is 14.6 Å². The summed E-state index contributed by atoms with van der Waals surface area (Å²) in [5.41, 5.74) is 3.66. The Hall–Kier alpha value is -2.73. The number of carboxylic acids is 1. The molecule has 1 aliphatic rings. The van der Waals surface area contributed by atoms with Gasteiger partial charge in [0.05, 0.1) is 18.3 Å². The molecule has 0 bridgehead atoms. The van der Waals surface area contributed by atoms with Crippen LogP contribution < -0.4 is 5.32 Å². The second-order valence-electron chi connectivity index (χ2n) is 8.44. The van der Waals surface area contributed by atoms with Gasteiger partial charge < -0.3 is 15.2 Å². The van der Waals surface area contributed by atoms with Crippen LogP contribution in [-0.2, 0) is 11.3 Å². The van der Waals surface area contributed by atoms with E-state index in [0.29, 0.717) is 12.2 Å². The van der Waals surface area contributed by atoms with Crippen LogP contribution in [0.5, 0.6) is 0 Å². The molecule has 0 spiro atoms. The van der Waals surface area contributed by atoms with Crippen LogP contribution in [0.4, 0.5) is 0 Å². The summed E-state index contributed by atoms with van der Waals surface area (Å²) in [5, 5.41) is 15.5. The number of carboxylic acid groups (broad SMARTS) is 1. The fourth-order valence-corrected chi connectivity index (χ4v) is 4.43. The van der Waals surface area contributed by atoms with Gasteiger partial charge in [0.2, 0.25) is 0 Å². The number of rotatable bonds is 7. The Labute approximate surface area is 183 Å². The number of fused-ring (bicyclic) bond motifs is 1. The summed E-state index contributed by atoms with van der Waals surface area (Å²) in [6.45, 7) is 8.01. The van der Waals surface area contributed by atoms with E-state index in [0.717, 1.165) is 37.3 Å². The molecule has 3 aromatic carbocycles. The number of aryl methyl sites for hydroxylation is 1. The zero-order valence-corrected chi connectivity index (χ0v) is 18.2. The van der Waals surface area contributed by atoms with Crippen LogP contribution >= 0.6 is 0 Å². The lowest BCUT2D eigenvalue weighted by Gasteiger charge is -2.34. The molecule has 0 amide bonds. The van der Waals surface area contributed by atoms with Gasteiger partial charge in [0.25, 0.3) is 0 Å². The normalized spacial score (nSPS) is 18.2. The molecule has 2 atom stereocenters. The molecule has 0 saturated carbocycles. The second kappa shape index (κ2) is 9.60. The SMILES string of the molecule is Cc1cc(CN2CCOC(CN[C@H](C)c3cccc4ccccc34)C2)cc(C(=O)O)c1. The van der Waals surface area contributed by atoms with Gasteiger partial charge in [-0.2, -0.15) is 0 Å². The van der Waals surface area contributed by atoms with Gasteiger partial charge in [-0.25, -0.2) is 4.79 Å². The molecule has 0 aliphatic carbocycles. The minimum Gasteiger partial charge on any atom is -0.478 e. The highest BCUT2D eigenvalue weighted by atomic mass is 16.5. The minimum absolute atomic E-state index is 0.106. The lowest BCUT2D eigenvalue weighted by molar-refractivity contribution is -0.0308. The third kappa shape index (κ3) is 5.31. The Morgan fingerprint density at radius 2 is 2.00 bits per heavy atom. The number of morpholine rings is 1. The first-order chi connectivity index (χ1) is 15.0. The Kier molecular flexibility index (Phi) is 6.66. The van der Waals surface area contributed by atoms with E-state index in [2.05, 4.69) is 65.7 Å². The molecule has 2 N–H and O–H groups in total. The summed E-state index contributed by atoms with van der Waals surface area (Å²) >= 11 is 0. The Morgan fingerprint density at radius 1 is 1.19 bits per heavy atom. The summed E-state index contributed by atoms with van der Waals surface area (Å²) in [6, 6.07) is 20.7. The maximum absolute atomic E-state index is 11.4. The van der Waals surface area contributed by atoms with Crippen LogP contribution in [0.1, 0.15) is 40.0 Å². The number of nitrogens with zero attached hydrogens (tertiary/aromatic N) is 1. The first-order valence-corrected chi connectivity index (χ1v) is 10.9. The van der Waals surface area contributed by atoms with E-state index in [4.69, 9.17) is 4.74 Å². The van der Waals surface area contributed by atoms with Crippen molar-refractivity contribution in [3.8, 4) is 0 Å². The maximum Gasteiger partial charge on any atom is 0.335 e. The van der Waals surface area contributed by atoms with Crippen LogP contribution in [-0.4, -0.2) is 48.3 Å². The molecule has 0 aromatic heterocycles. The average Bonchev–Trinajstić information content (AvgIpc) is 2.77. The van der Waals surface area contributed by atoms with Crippen LogP contribution in [0.3, 0.4) is 0 Å². The van der Waals surface area contributed by atoms with Crippen molar-refractivity contribution in [2.24, 2.45) is 0 Å². The molecule has 5 nitrogen and oxygen atoms in total. The van der Waals surface area contributed by atoms with Gasteiger partial charge >= 0.3 is 5.97 Å². The predicted molar refractivity (Wildman–Crippen MR) is 124 cm³/mol. The zero-order chi connectivity index (χ0) is 21.8. The number of benzene rings is 3. The molecule has 162 valence electrons. The number of ether oxygens (including phenoxy) is 1. The first-order valence-electron chi connectivity index (χ1n) is 10.9. The summed E-state index contributed by atoms with van der Waals surface area (Å²) in [7, 11) is 0. The average molecular weight is 419 g/mol. The van der Waals surface area contributed by atoms with Crippen molar-refractivity contribution in [2.45, 2.75) is 32.5 Å². The number of carbonyl (C=O) groups is 1. The number of hydrogen-bond donors (Lipinski definition) is 2. The van der Waals surface area contributed by atoms with E-state index >= 15 is 0 Å². The monoisotopic (exact) mass is 418 g/mol. The highest BCUT2D eigenvalue weighted by Crippen LogP contribution is 2.24. The van der Waals surface area contributed by atoms with Gasteiger partial charge in [-0.05, 0) is 53.4 Å². The first kappa shape index (κ1) is 21.5. The maximum atomic E-state index is 11.4. The van der Waals surface area contributed by atoms with Gasteiger partial charge in [0.15, 0.2) is 0 Å². The van der Waals surface area contributed by atoms with Crippen LogP contribution in [0.2, 0.25) is 0 Å². The Balaban J connectivity index is 1.36. The quantitative estimate of drug-likeness (QED) is 0.596. The lowest BCUT2D eigenvalue weighted by atomic mass is 9.99. The second-order valence-corrected chi connectivity index (χ2v) is 8.44. The summed E-state index contributed by atoms with van der Waals surface area (Å²) in [6.07, 6.45) is 0.106. The van der Waals surface area contributed by atoms with Crippen molar-refractivity contribution in [2.75, 3.05) is 26.2 Å². The van der Waals surface area contributed by atoms with Gasteiger partial charge in [-0.1, -0.05) is 48.5 Å². The number of nitrogens with one attached hydrogen (secondary N) is 1. The molecule has 31 heavy (non-hydrogen) atoms. The Morgan fingerprint density at radius 3 is 2.84 bits per heavy atom. The molecule has 3 aromatic rings. The smallest absolute Gasteiger partial charge is 0.335 e. The molecular formula is C26H30N2O3. The standard InChI is InChI=1S/C26H30N2O3/c1-18-12-20(14-22(13-18)26(29)30)16-28-10-11-31-23(17-28)15-27-19(2)24-9-5-7-21-6-3-4-8-25(21)24/h3-9,12-14,19,23,27H,10-11,15-17H2,1-2H3,(H,29,30)/t19-,23?/m1/s1. The molecule has 1 aliphatic heterocycles. The third-order valence-electron chi connectivity index (χ3n) is 5.95. The van der Waals surface area contributed by atoms with Crippen LogP contribution in [0.15, 0.2) is 60.7 Å². The summed E-state index contributed by atoms with van der Waals surface area (Å²) in [4.78, 5) is 13.7. The van der Waals surface area contributed by atoms with Gasteiger partial charge in [0.1, 0.15) is 0 Å². The van der Waals surface area contributed by atoms with E-state index in [1.54, 1.807) is 12.1 Å². The van der Waals surface area contributed by atoms with Gasteiger partial charge in [-0.15, -0.1) is 0 Å².